The zero-order valence-corrected chi connectivity index (χ0v) is 22.4. The Morgan fingerprint density at radius 1 is 0.886 bits per heavy atom. The lowest BCUT2D eigenvalue weighted by Crippen LogP contribution is -2.21. The van der Waals surface area contributed by atoms with Gasteiger partial charge < -0.3 is 14.2 Å². The van der Waals surface area contributed by atoms with Crippen LogP contribution in [-0.4, -0.2) is 31.4 Å². The fourth-order valence-electron chi connectivity index (χ4n) is 3.62. The number of unbranched alkanes of at least 4 members (excludes halogenated alkanes) is 4. The average Bonchev–Trinajstić information content (AvgIpc) is 2.82. The number of carbonyl (C=O) groups is 2. The number of carbonyl (C=O) groups excluding carboxylic acids is 2. The Labute approximate surface area is 212 Å². The third kappa shape index (κ3) is 17.5. The Balaban J connectivity index is 2.40. The molecule has 1 aromatic rings. The maximum Gasteiger partial charge on any atom is 0.508 e. The van der Waals surface area contributed by atoms with E-state index in [1.165, 1.54) is 30.4 Å². The minimum Gasteiger partial charge on any atom is -0.461 e. The summed E-state index contributed by atoms with van der Waals surface area (Å²) in [6.45, 7) is 8.97. The maximum absolute atomic E-state index is 12.2. The summed E-state index contributed by atoms with van der Waals surface area (Å²) in [5.41, 5.74) is 3.63. The molecule has 0 saturated heterocycles. The molecule has 0 aliphatic heterocycles. The van der Waals surface area contributed by atoms with Gasteiger partial charge in [-0.05, 0) is 64.5 Å². The monoisotopic (exact) mass is 486 g/mol. The van der Waals surface area contributed by atoms with Crippen LogP contribution in [0.15, 0.2) is 53.6 Å². The van der Waals surface area contributed by atoms with Gasteiger partial charge in [0.2, 0.25) is 0 Å². The first-order valence-corrected chi connectivity index (χ1v) is 13.2. The highest BCUT2D eigenvalue weighted by Crippen LogP contribution is 2.15. The summed E-state index contributed by atoms with van der Waals surface area (Å²) < 4.78 is 16.2. The van der Waals surface area contributed by atoms with Crippen LogP contribution in [0.5, 0.6) is 0 Å². The fraction of sp³-hybridized carbons (Fsp3) is 0.600. The van der Waals surface area contributed by atoms with Gasteiger partial charge in [0.1, 0.15) is 12.7 Å². The van der Waals surface area contributed by atoms with Gasteiger partial charge in [-0.15, -0.1) is 0 Å². The summed E-state index contributed by atoms with van der Waals surface area (Å²) in [6.07, 6.45) is 12.8. The van der Waals surface area contributed by atoms with Crippen molar-refractivity contribution < 1.29 is 23.8 Å². The summed E-state index contributed by atoms with van der Waals surface area (Å²) in [4.78, 5) is 24.5. The van der Waals surface area contributed by atoms with Crippen molar-refractivity contribution in [3.05, 3.63) is 59.2 Å². The molecule has 1 aromatic carbocycles. The molecule has 1 unspecified atom stereocenters. The molecule has 1 rings (SSSR count). The maximum atomic E-state index is 12.2. The summed E-state index contributed by atoms with van der Waals surface area (Å²) in [7, 11) is 0. The van der Waals surface area contributed by atoms with Crippen LogP contribution in [0.3, 0.4) is 0 Å². The zero-order chi connectivity index (χ0) is 25.7. The molecule has 0 heterocycles. The molecule has 0 bridgehead atoms. The Kier molecular flexibility index (Phi) is 17.2. The molecule has 5 nitrogen and oxygen atoms in total. The summed E-state index contributed by atoms with van der Waals surface area (Å²) in [5.74, 6) is -0.268. The van der Waals surface area contributed by atoms with Crippen molar-refractivity contribution in [3.8, 4) is 0 Å². The van der Waals surface area contributed by atoms with Crippen LogP contribution < -0.4 is 0 Å². The van der Waals surface area contributed by atoms with Gasteiger partial charge in [-0.2, -0.15) is 0 Å². The minimum atomic E-state index is -0.664. The number of hydrogen-bond acceptors (Lipinski definition) is 5. The highest BCUT2D eigenvalue weighted by Gasteiger charge is 2.17. The number of ether oxygens (including phenoxy) is 3. The molecule has 0 aliphatic rings. The first kappa shape index (κ1) is 30.5. The second kappa shape index (κ2) is 19.7. The number of benzene rings is 1. The molecule has 0 amide bonds. The topological polar surface area (TPSA) is 61.8 Å². The summed E-state index contributed by atoms with van der Waals surface area (Å²) >= 11 is 0. The highest BCUT2D eigenvalue weighted by atomic mass is 16.7. The third-order valence-corrected chi connectivity index (χ3v) is 5.78. The van der Waals surface area contributed by atoms with Gasteiger partial charge in [-0.25, -0.2) is 4.79 Å². The van der Waals surface area contributed by atoms with Crippen LogP contribution >= 0.6 is 0 Å². The quantitative estimate of drug-likeness (QED) is 0.119. The molecular formula is C30H46O5. The first-order chi connectivity index (χ1) is 16.9. The average molecular weight is 487 g/mol. The van der Waals surface area contributed by atoms with Crippen LogP contribution in [0.25, 0.3) is 0 Å². The van der Waals surface area contributed by atoms with Crippen LogP contribution in [-0.2, 0) is 25.4 Å². The molecule has 0 aromatic heterocycles. The number of rotatable bonds is 18. The number of allylic oxidation sites excluding steroid dienone is 3. The molecule has 0 spiro atoms. The van der Waals surface area contributed by atoms with Crippen molar-refractivity contribution in [1.29, 1.82) is 0 Å². The van der Waals surface area contributed by atoms with Gasteiger partial charge in [0, 0.05) is 12.8 Å². The van der Waals surface area contributed by atoms with Crippen molar-refractivity contribution >= 4 is 12.1 Å². The standard InChI is InChI=1S/C30H46O5/c1-5-6-7-8-12-18-28(35-30(32)34-24-22-27-16-10-9-11-17-27)19-20-29(31)33-23-21-26(4)15-13-14-25(2)3/h9-11,14,16-17,21,28H,5-8,12-13,15,18-20,22-24H2,1-4H3. The van der Waals surface area contributed by atoms with Crippen LogP contribution in [0, 0.1) is 0 Å². The molecular weight excluding hydrogens is 440 g/mol. The van der Waals surface area contributed by atoms with Crippen LogP contribution in [0.1, 0.15) is 97.5 Å². The SMILES string of the molecule is CCCCCCCC(CCC(=O)OCC=C(C)CCC=C(C)C)OC(=O)OCCc1ccccc1. The van der Waals surface area contributed by atoms with Gasteiger partial charge in [-0.3, -0.25) is 4.79 Å². The molecule has 5 heteroatoms. The Hall–Kier alpha value is -2.56. The Bertz CT molecular complexity index is 762. The van der Waals surface area contributed by atoms with E-state index in [0.717, 1.165) is 37.7 Å². The predicted octanol–water partition coefficient (Wildman–Crippen LogP) is 8.13. The van der Waals surface area contributed by atoms with Gasteiger partial charge in [0.25, 0.3) is 0 Å². The lowest BCUT2D eigenvalue weighted by atomic mass is 10.0. The van der Waals surface area contributed by atoms with Crippen molar-refractivity contribution in [2.45, 2.75) is 104 Å². The van der Waals surface area contributed by atoms with Crippen molar-refractivity contribution in [2.75, 3.05) is 13.2 Å². The van der Waals surface area contributed by atoms with Gasteiger partial charge in [-0.1, -0.05) is 80.2 Å². The van der Waals surface area contributed by atoms with E-state index >= 15 is 0 Å². The van der Waals surface area contributed by atoms with E-state index in [1.54, 1.807) is 0 Å². The molecule has 0 saturated carbocycles. The molecule has 0 aliphatic carbocycles. The molecule has 0 N–H and O–H groups in total. The van der Waals surface area contributed by atoms with E-state index in [0.29, 0.717) is 12.8 Å². The smallest absolute Gasteiger partial charge is 0.461 e. The van der Waals surface area contributed by atoms with E-state index in [9.17, 15) is 9.59 Å². The Morgan fingerprint density at radius 3 is 2.34 bits per heavy atom. The normalized spacial score (nSPS) is 12.1. The van der Waals surface area contributed by atoms with Gasteiger partial charge in [0.15, 0.2) is 0 Å². The van der Waals surface area contributed by atoms with Crippen molar-refractivity contribution in [1.82, 2.24) is 0 Å². The van der Waals surface area contributed by atoms with Crippen molar-refractivity contribution in [2.24, 2.45) is 0 Å². The predicted molar refractivity (Wildman–Crippen MR) is 142 cm³/mol. The fourth-order valence-corrected chi connectivity index (χ4v) is 3.62. The Morgan fingerprint density at radius 2 is 1.63 bits per heavy atom. The molecule has 0 fully saturated rings. The van der Waals surface area contributed by atoms with Gasteiger partial charge >= 0.3 is 12.1 Å². The van der Waals surface area contributed by atoms with E-state index < -0.39 is 6.16 Å². The zero-order valence-electron chi connectivity index (χ0n) is 22.4. The van der Waals surface area contributed by atoms with E-state index in [2.05, 4.69) is 33.8 Å². The molecule has 196 valence electrons. The van der Waals surface area contributed by atoms with Gasteiger partial charge in [0.05, 0.1) is 6.61 Å². The lowest BCUT2D eigenvalue weighted by Gasteiger charge is -2.17. The van der Waals surface area contributed by atoms with Crippen LogP contribution in [0.2, 0.25) is 0 Å². The van der Waals surface area contributed by atoms with E-state index in [-0.39, 0.29) is 31.7 Å². The van der Waals surface area contributed by atoms with Crippen molar-refractivity contribution in [3.63, 3.8) is 0 Å². The summed E-state index contributed by atoms with van der Waals surface area (Å²) in [6, 6.07) is 9.88. The largest absolute Gasteiger partial charge is 0.508 e. The molecule has 1 atom stereocenters. The highest BCUT2D eigenvalue weighted by molar-refractivity contribution is 5.69. The molecule has 0 radical (unpaired) electrons. The lowest BCUT2D eigenvalue weighted by molar-refractivity contribution is -0.143. The second-order valence-corrected chi connectivity index (χ2v) is 9.37. The van der Waals surface area contributed by atoms with E-state index in [1.807, 2.05) is 36.4 Å². The minimum absolute atomic E-state index is 0.224. The number of esters is 1. The summed E-state index contributed by atoms with van der Waals surface area (Å²) in [5, 5.41) is 0. The third-order valence-electron chi connectivity index (χ3n) is 5.78. The second-order valence-electron chi connectivity index (χ2n) is 9.37. The van der Waals surface area contributed by atoms with E-state index in [4.69, 9.17) is 14.2 Å². The van der Waals surface area contributed by atoms with Crippen LogP contribution in [0.4, 0.5) is 4.79 Å². The number of hydrogen-bond donors (Lipinski definition) is 0. The molecule has 35 heavy (non-hydrogen) atoms. The first-order valence-electron chi connectivity index (χ1n) is 13.2.